The first-order chi connectivity index (χ1) is 12.2. The van der Waals surface area contributed by atoms with Crippen molar-refractivity contribution in [3.05, 3.63) is 64.2 Å². The van der Waals surface area contributed by atoms with E-state index in [1.54, 1.807) is 13.8 Å². The van der Waals surface area contributed by atoms with Crippen molar-refractivity contribution in [3.63, 3.8) is 0 Å². The third-order valence-corrected chi connectivity index (χ3v) is 3.92. The summed E-state index contributed by atoms with van der Waals surface area (Å²) in [6.07, 6.45) is -1.39. The molecule has 4 N–H and O–H groups in total. The third-order valence-electron chi connectivity index (χ3n) is 3.92. The van der Waals surface area contributed by atoms with Crippen molar-refractivity contribution in [2.45, 2.75) is 26.4 Å². The van der Waals surface area contributed by atoms with Gasteiger partial charge in [-0.25, -0.2) is 8.78 Å². The van der Waals surface area contributed by atoms with E-state index in [0.717, 1.165) is 12.1 Å². The number of hydrogen-bond acceptors (Lipinski definition) is 4. The highest BCUT2D eigenvalue weighted by atomic mass is 19.1. The van der Waals surface area contributed by atoms with E-state index in [1.807, 2.05) is 5.43 Å². The second kappa shape index (κ2) is 7.92. The Bertz CT molecular complexity index is 835. The van der Waals surface area contributed by atoms with Crippen LogP contribution in [-0.4, -0.2) is 22.0 Å². The molecule has 2 rings (SSSR count). The fourth-order valence-electron chi connectivity index (χ4n) is 2.55. The Morgan fingerprint density at radius 1 is 1.12 bits per heavy atom. The minimum absolute atomic E-state index is 0.0472. The number of halogens is 2. The SMILES string of the molecule is CCc1c(C(=O)NNC(=O)[C@@H](O)c2cc(F)cc(F)c2)ccc(O)c1C. The van der Waals surface area contributed by atoms with E-state index >= 15 is 0 Å². The Balaban J connectivity index is 2.09. The molecule has 1 atom stereocenters. The number of rotatable bonds is 4. The van der Waals surface area contributed by atoms with Gasteiger partial charge < -0.3 is 10.2 Å². The summed E-state index contributed by atoms with van der Waals surface area (Å²) in [6.45, 7) is 3.46. The van der Waals surface area contributed by atoms with E-state index in [1.165, 1.54) is 12.1 Å². The first-order valence-electron chi connectivity index (χ1n) is 7.80. The van der Waals surface area contributed by atoms with Crippen molar-refractivity contribution in [1.29, 1.82) is 0 Å². The minimum Gasteiger partial charge on any atom is -0.508 e. The predicted octanol–water partition coefficient (Wildman–Crippen LogP) is 2.04. The molecule has 0 aliphatic heterocycles. The third kappa shape index (κ3) is 4.15. The molecule has 0 aliphatic rings. The molecule has 2 aromatic carbocycles. The van der Waals surface area contributed by atoms with Gasteiger partial charge in [0.05, 0.1) is 0 Å². The van der Waals surface area contributed by atoms with Crippen LogP contribution in [0.25, 0.3) is 0 Å². The fourth-order valence-corrected chi connectivity index (χ4v) is 2.55. The van der Waals surface area contributed by atoms with Crippen molar-refractivity contribution < 1.29 is 28.6 Å². The molecule has 0 radical (unpaired) electrons. The molecule has 8 heteroatoms. The first-order valence-corrected chi connectivity index (χ1v) is 7.80. The highest BCUT2D eigenvalue weighted by molar-refractivity contribution is 5.97. The van der Waals surface area contributed by atoms with Crippen LogP contribution in [0.2, 0.25) is 0 Å². The minimum atomic E-state index is -1.87. The van der Waals surface area contributed by atoms with Crippen LogP contribution in [0.4, 0.5) is 8.78 Å². The number of nitrogens with one attached hydrogen (secondary N) is 2. The lowest BCUT2D eigenvalue weighted by atomic mass is 9.98. The second-order valence-corrected chi connectivity index (χ2v) is 5.64. The Hall–Kier alpha value is -3.00. The predicted molar refractivity (Wildman–Crippen MR) is 89.1 cm³/mol. The number of hydrazine groups is 1. The number of aliphatic hydroxyl groups is 1. The topological polar surface area (TPSA) is 98.7 Å². The number of carbonyl (C=O) groups excluding carboxylic acids is 2. The molecule has 2 amide bonds. The summed E-state index contributed by atoms with van der Waals surface area (Å²) >= 11 is 0. The van der Waals surface area contributed by atoms with Gasteiger partial charge in [0, 0.05) is 11.6 Å². The molecule has 0 fully saturated rings. The highest BCUT2D eigenvalue weighted by Gasteiger charge is 2.21. The number of phenolic OH excluding ortho intramolecular Hbond substituents is 1. The van der Waals surface area contributed by atoms with Gasteiger partial charge in [-0.3, -0.25) is 20.4 Å². The van der Waals surface area contributed by atoms with E-state index in [0.29, 0.717) is 23.6 Å². The van der Waals surface area contributed by atoms with Gasteiger partial charge in [-0.1, -0.05) is 6.92 Å². The second-order valence-electron chi connectivity index (χ2n) is 5.64. The van der Waals surface area contributed by atoms with E-state index < -0.39 is 29.6 Å². The molecule has 0 unspecified atom stereocenters. The summed E-state index contributed by atoms with van der Waals surface area (Å²) in [4.78, 5) is 24.2. The molecule has 0 heterocycles. The Morgan fingerprint density at radius 3 is 2.31 bits per heavy atom. The molecular weight excluding hydrogens is 346 g/mol. The average Bonchev–Trinajstić information content (AvgIpc) is 2.59. The fraction of sp³-hybridized carbons (Fsp3) is 0.222. The van der Waals surface area contributed by atoms with Crippen LogP contribution in [-0.2, 0) is 11.2 Å². The van der Waals surface area contributed by atoms with Crippen molar-refractivity contribution in [2.75, 3.05) is 0 Å². The van der Waals surface area contributed by atoms with Gasteiger partial charge in [-0.05, 0) is 54.3 Å². The average molecular weight is 364 g/mol. The maximum Gasteiger partial charge on any atom is 0.271 e. The number of phenols is 1. The Morgan fingerprint density at radius 2 is 1.73 bits per heavy atom. The summed E-state index contributed by atoms with van der Waals surface area (Å²) in [5.41, 5.74) is 5.24. The van der Waals surface area contributed by atoms with Gasteiger partial charge in [-0.15, -0.1) is 0 Å². The van der Waals surface area contributed by atoms with Gasteiger partial charge in [0.2, 0.25) is 0 Å². The lowest BCUT2D eigenvalue weighted by Gasteiger charge is -2.15. The summed E-state index contributed by atoms with van der Waals surface area (Å²) < 4.78 is 26.3. The molecule has 26 heavy (non-hydrogen) atoms. The molecule has 6 nitrogen and oxygen atoms in total. The monoisotopic (exact) mass is 364 g/mol. The van der Waals surface area contributed by atoms with Gasteiger partial charge >= 0.3 is 0 Å². The summed E-state index contributed by atoms with van der Waals surface area (Å²) in [5, 5.41) is 19.6. The normalized spacial score (nSPS) is 11.7. The molecule has 0 bridgehead atoms. The van der Waals surface area contributed by atoms with Crippen molar-refractivity contribution in [1.82, 2.24) is 10.9 Å². The molecule has 0 saturated carbocycles. The molecule has 138 valence electrons. The van der Waals surface area contributed by atoms with Gasteiger partial charge in [0.25, 0.3) is 11.8 Å². The van der Waals surface area contributed by atoms with Gasteiger partial charge in [-0.2, -0.15) is 0 Å². The van der Waals surface area contributed by atoms with Gasteiger partial charge in [0.1, 0.15) is 17.4 Å². The quantitative estimate of drug-likeness (QED) is 0.624. The molecular formula is C18H18F2N2O4. The van der Waals surface area contributed by atoms with Crippen LogP contribution < -0.4 is 10.9 Å². The molecule has 0 aromatic heterocycles. The number of amides is 2. The molecule has 0 spiro atoms. The highest BCUT2D eigenvalue weighted by Crippen LogP contribution is 2.24. The molecule has 2 aromatic rings. The van der Waals surface area contributed by atoms with Crippen molar-refractivity contribution in [2.24, 2.45) is 0 Å². The smallest absolute Gasteiger partial charge is 0.271 e. The summed E-state index contributed by atoms with van der Waals surface area (Å²) in [5.74, 6) is -3.55. The number of aliphatic hydroxyl groups excluding tert-OH is 1. The van der Waals surface area contributed by atoms with Crippen LogP contribution in [0.15, 0.2) is 30.3 Å². The van der Waals surface area contributed by atoms with Crippen LogP contribution in [0.3, 0.4) is 0 Å². The molecule has 0 aliphatic carbocycles. The Kier molecular flexibility index (Phi) is 5.89. The number of carbonyl (C=O) groups is 2. The number of aromatic hydroxyl groups is 1. The maximum atomic E-state index is 13.2. The largest absolute Gasteiger partial charge is 0.508 e. The summed E-state index contributed by atoms with van der Waals surface area (Å²) in [7, 11) is 0. The Labute approximate surface area is 148 Å². The van der Waals surface area contributed by atoms with Crippen LogP contribution in [0.5, 0.6) is 5.75 Å². The lowest BCUT2D eigenvalue weighted by molar-refractivity contribution is -0.130. The molecule has 0 saturated heterocycles. The van der Waals surface area contributed by atoms with Crippen LogP contribution in [0, 0.1) is 18.6 Å². The standard InChI is InChI=1S/C18H18F2N2O4/c1-3-13-9(2)15(23)5-4-14(13)17(25)21-22-18(26)16(24)10-6-11(19)8-12(20)7-10/h4-8,16,23-24H,3H2,1-2H3,(H,21,25)(H,22,26)/t16-/m0/s1. The van der Waals surface area contributed by atoms with E-state index in [2.05, 4.69) is 5.43 Å². The lowest BCUT2D eigenvalue weighted by Crippen LogP contribution is -2.44. The van der Waals surface area contributed by atoms with Gasteiger partial charge in [0.15, 0.2) is 6.10 Å². The van der Waals surface area contributed by atoms with E-state index in [9.17, 15) is 28.6 Å². The van der Waals surface area contributed by atoms with Crippen LogP contribution >= 0.6 is 0 Å². The zero-order valence-electron chi connectivity index (χ0n) is 14.1. The number of benzene rings is 2. The van der Waals surface area contributed by atoms with Crippen molar-refractivity contribution in [3.8, 4) is 5.75 Å². The van der Waals surface area contributed by atoms with E-state index in [-0.39, 0.29) is 16.9 Å². The maximum absolute atomic E-state index is 13.2. The van der Waals surface area contributed by atoms with Crippen LogP contribution in [0.1, 0.15) is 40.1 Å². The summed E-state index contributed by atoms with van der Waals surface area (Å²) in [6, 6.07) is 4.99. The van der Waals surface area contributed by atoms with E-state index in [4.69, 9.17) is 0 Å². The number of hydrogen-bond donors (Lipinski definition) is 4. The zero-order valence-corrected chi connectivity index (χ0v) is 14.1. The first kappa shape index (κ1) is 19.3. The van der Waals surface area contributed by atoms with Crippen molar-refractivity contribution >= 4 is 11.8 Å². The zero-order chi connectivity index (χ0) is 19.4.